The molecule has 0 aliphatic heterocycles. The van der Waals surface area contributed by atoms with Crippen molar-refractivity contribution in [2.75, 3.05) is 0 Å². The lowest BCUT2D eigenvalue weighted by molar-refractivity contribution is -0.131. The van der Waals surface area contributed by atoms with Gasteiger partial charge in [-0.3, -0.25) is 0 Å². The SMILES string of the molecule is Cc1cc(Oc2ccc(/C=C/C(=O)O)cc2)ccc1Br. The molecule has 4 heteroatoms. The Morgan fingerprint density at radius 3 is 2.40 bits per heavy atom. The lowest BCUT2D eigenvalue weighted by atomic mass is 10.2. The van der Waals surface area contributed by atoms with Crippen LogP contribution in [0.1, 0.15) is 11.1 Å². The van der Waals surface area contributed by atoms with Gasteiger partial charge < -0.3 is 9.84 Å². The lowest BCUT2D eigenvalue weighted by Gasteiger charge is -2.07. The molecule has 0 spiro atoms. The van der Waals surface area contributed by atoms with E-state index in [-0.39, 0.29) is 0 Å². The molecule has 3 nitrogen and oxygen atoms in total. The van der Waals surface area contributed by atoms with Crippen LogP contribution >= 0.6 is 15.9 Å². The van der Waals surface area contributed by atoms with Crippen molar-refractivity contribution in [2.45, 2.75) is 6.92 Å². The average Bonchev–Trinajstić information content (AvgIpc) is 2.42. The molecule has 1 N–H and O–H groups in total. The maximum atomic E-state index is 10.4. The standard InChI is InChI=1S/C16H13BrO3/c1-11-10-14(7-8-15(11)17)20-13-5-2-12(3-6-13)4-9-16(18)19/h2-10H,1H3,(H,18,19)/b9-4+. The van der Waals surface area contributed by atoms with Crippen LogP contribution in [-0.4, -0.2) is 11.1 Å². The fraction of sp³-hybridized carbons (Fsp3) is 0.0625. The van der Waals surface area contributed by atoms with Gasteiger partial charge in [-0.1, -0.05) is 28.1 Å². The molecule has 102 valence electrons. The molecule has 0 heterocycles. The number of aliphatic carboxylic acids is 1. The molecular formula is C16H13BrO3. The van der Waals surface area contributed by atoms with Gasteiger partial charge in [0.05, 0.1) is 0 Å². The normalized spacial score (nSPS) is 10.7. The van der Waals surface area contributed by atoms with Crippen molar-refractivity contribution in [3.63, 3.8) is 0 Å². The Bertz CT molecular complexity index is 645. The van der Waals surface area contributed by atoms with Gasteiger partial charge in [0.25, 0.3) is 0 Å². The third-order valence-electron chi connectivity index (χ3n) is 2.66. The van der Waals surface area contributed by atoms with Crippen LogP contribution in [0.2, 0.25) is 0 Å². The first-order valence-corrected chi connectivity index (χ1v) is 6.79. The summed E-state index contributed by atoms with van der Waals surface area (Å²) in [6, 6.07) is 13.0. The summed E-state index contributed by atoms with van der Waals surface area (Å²) in [5.74, 6) is 0.509. The maximum Gasteiger partial charge on any atom is 0.328 e. The quantitative estimate of drug-likeness (QED) is 0.829. The molecule has 0 fully saturated rings. The first-order chi connectivity index (χ1) is 9.54. The second-order valence-electron chi connectivity index (χ2n) is 4.25. The van der Waals surface area contributed by atoms with Gasteiger partial charge in [0.1, 0.15) is 11.5 Å². The third kappa shape index (κ3) is 3.96. The van der Waals surface area contributed by atoms with Crippen LogP contribution in [0, 0.1) is 6.92 Å². The van der Waals surface area contributed by atoms with Gasteiger partial charge in [0.15, 0.2) is 0 Å². The topological polar surface area (TPSA) is 46.5 Å². The summed E-state index contributed by atoms with van der Waals surface area (Å²) >= 11 is 3.44. The van der Waals surface area contributed by atoms with E-state index in [4.69, 9.17) is 9.84 Å². The zero-order valence-corrected chi connectivity index (χ0v) is 12.4. The minimum absolute atomic E-state index is 0.708. The van der Waals surface area contributed by atoms with E-state index in [1.165, 1.54) is 6.08 Å². The number of benzene rings is 2. The van der Waals surface area contributed by atoms with Crippen molar-refractivity contribution in [2.24, 2.45) is 0 Å². The number of carboxylic acid groups (broad SMARTS) is 1. The second-order valence-corrected chi connectivity index (χ2v) is 5.11. The molecule has 2 aromatic rings. The molecule has 0 aliphatic rings. The molecule has 0 amide bonds. The highest BCUT2D eigenvalue weighted by atomic mass is 79.9. The Kier molecular flexibility index (Phi) is 4.58. The van der Waals surface area contributed by atoms with Crippen LogP contribution in [0.3, 0.4) is 0 Å². The number of rotatable bonds is 4. The van der Waals surface area contributed by atoms with Crippen LogP contribution in [0.25, 0.3) is 6.08 Å². The monoisotopic (exact) mass is 332 g/mol. The van der Waals surface area contributed by atoms with E-state index in [0.29, 0.717) is 5.75 Å². The number of carbonyl (C=O) groups is 1. The predicted octanol–water partition coefficient (Wildman–Crippen LogP) is 4.65. The maximum absolute atomic E-state index is 10.4. The van der Waals surface area contributed by atoms with E-state index >= 15 is 0 Å². The summed E-state index contributed by atoms with van der Waals surface area (Å²) in [5, 5.41) is 8.56. The summed E-state index contributed by atoms with van der Waals surface area (Å²) < 4.78 is 6.77. The van der Waals surface area contributed by atoms with Crippen molar-refractivity contribution >= 4 is 28.0 Å². The molecule has 0 atom stereocenters. The molecule has 0 bridgehead atoms. The molecule has 0 aliphatic carbocycles. The molecule has 0 saturated carbocycles. The van der Waals surface area contributed by atoms with Crippen LogP contribution < -0.4 is 4.74 Å². The summed E-state index contributed by atoms with van der Waals surface area (Å²) in [4.78, 5) is 10.4. The van der Waals surface area contributed by atoms with E-state index < -0.39 is 5.97 Å². The summed E-state index contributed by atoms with van der Waals surface area (Å²) in [6.07, 6.45) is 2.64. The number of hydrogen-bond donors (Lipinski definition) is 1. The Morgan fingerprint density at radius 2 is 1.80 bits per heavy atom. The first kappa shape index (κ1) is 14.3. The van der Waals surface area contributed by atoms with E-state index in [0.717, 1.165) is 27.4 Å². The zero-order valence-electron chi connectivity index (χ0n) is 10.8. The fourth-order valence-corrected chi connectivity index (χ4v) is 1.88. The number of carboxylic acids is 1. The summed E-state index contributed by atoms with van der Waals surface area (Å²) in [6.45, 7) is 2.00. The minimum Gasteiger partial charge on any atom is -0.478 e. The largest absolute Gasteiger partial charge is 0.478 e. The Labute approximate surface area is 125 Å². The van der Waals surface area contributed by atoms with Gasteiger partial charge in [0, 0.05) is 10.5 Å². The van der Waals surface area contributed by atoms with Gasteiger partial charge in [0.2, 0.25) is 0 Å². The number of halogens is 1. The Morgan fingerprint density at radius 1 is 1.15 bits per heavy atom. The number of hydrogen-bond acceptors (Lipinski definition) is 2. The molecule has 0 saturated heterocycles. The average molecular weight is 333 g/mol. The summed E-state index contributed by atoms with van der Waals surface area (Å²) in [5.41, 5.74) is 1.91. The highest BCUT2D eigenvalue weighted by molar-refractivity contribution is 9.10. The van der Waals surface area contributed by atoms with Crippen molar-refractivity contribution in [3.8, 4) is 11.5 Å². The van der Waals surface area contributed by atoms with E-state index in [9.17, 15) is 4.79 Å². The molecular weight excluding hydrogens is 320 g/mol. The molecule has 0 unspecified atom stereocenters. The predicted molar refractivity (Wildman–Crippen MR) is 82.1 cm³/mol. The van der Waals surface area contributed by atoms with E-state index in [1.807, 2.05) is 25.1 Å². The van der Waals surface area contributed by atoms with Gasteiger partial charge in [-0.25, -0.2) is 4.79 Å². The van der Waals surface area contributed by atoms with Gasteiger partial charge >= 0.3 is 5.97 Å². The van der Waals surface area contributed by atoms with E-state index in [1.54, 1.807) is 24.3 Å². The molecule has 2 rings (SSSR count). The minimum atomic E-state index is -0.962. The zero-order chi connectivity index (χ0) is 14.5. The molecule has 0 radical (unpaired) electrons. The number of ether oxygens (including phenoxy) is 1. The van der Waals surface area contributed by atoms with Crippen molar-refractivity contribution in [1.82, 2.24) is 0 Å². The Hall–Kier alpha value is -2.07. The van der Waals surface area contributed by atoms with Gasteiger partial charge in [-0.2, -0.15) is 0 Å². The van der Waals surface area contributed by atoms with Crippen molar-refractivity contribution in [3.05, 3.63) is 64.1 Å². The second kappa shape index (κ2) is 6.39. The molecule has 20 heavy (non-hydrogen) atoms. The van der Waals surface area contributed by atoms with E-state index in [2.05, 4.69) is 15.9 Å². The van der Waals surface area contributed by atoms with Crippen LogP contribution in [0.5, 0.6) is 11.5 Å². The first-order valence-electron chi connectivity index (χ1n) is 6.00. The van der Waals surface area contributed by atoms with Gasteiger partial charge in [-0.15, -0.1) is 0 Å². The van der Waals surface area contributed by atoms with Crippen molar-refractivity contribution < 1.29 is 14.6 Å². The van der Waals surface area contributed by atoms with Crippen LogP contribution in [0.4, 0.5) is 0 Å². The Balaban J connectivity index is 2.10. The fourth-order valence-electron chi connectivity index (χ4n) is 1.63. The third-order valence-corrected chi connectivity index (χ3v) is 3.55. The number of aryl methyl sites for hydroxylation is 1. The van der Waals surface area contributed by atoms with Crippen LogP contribution in [-0.2, 0) is 4.79 Å². The summed E-state index contributed by atoms with van der Waals surface area (Å²) in [7, 11) is 0. The smallest absolute Gasteiger partial charge is 0.328 e. The molecule has 0 aromatic heterocycles. The lowest BCUT2D eigenvalue weighted by Crippen LogP contribution is -1.87. The molecule has 2 aromatic carbocycles. The highest BCUT2D eigenvalue weighted by Crippen LogP contribution is 2.26. The van der Waals surface area contributed by atoms with Gasteiger partial charge in [-0.05, 0) is 54.5 Å². The van der Waals surface area contributed by atoms with Crippen molar-refractivity contribution in [1.29, 1.82) is 0 Å². The highest BCUT2D eigenvalue weighted by Gasteiger charge is 2.00. The van der Waals surface area contributed by atoms with Crippen LogP contribution in [0.15, 0.2) is 53.0 Å².